The van der Waals surface area contributed by atoms with Gasteiger partial charge in [-0.2, -0.15) is 13.5 Å². The normalized spacial score (nSPS) is 17.6. The predicted octanol–water partition coefficient (Wildman–Crippen LogP) is 2.70. The molecule has 11 heteroatoms. The highest BCUT2D eigenvalue weighted by Crippen LogP contribution is 2.39. The number of likely N-dealkylation sites (tertiary alicyclic amines) is 1. The van der Waals surface area contributed by atoms with Gasteiger partial charge < -0.3 is 10.0 Å². The quantitative estimate of drug-likeness (QED) is 0.463. The topological polar surface area (TPSA) is 130 Å². The molecule has 1 fully saturated rings. The van der Waals surface area contributed by atoms with Crippen molar-refractivity contribution in [2.75, 3.05) is 12.8 Å². The van der Waals surface area contributed by atoms with E-state index in [1.807, 2.05) is 25.1 Å². The van der Waals surface area contributed by atoms with Gasteiger partial charge >= 0.3 is 0 Å². The SMILES string of the molecule is Cc1ccccc1C(c1cccc(F)c1)C(OS(C)(=O)=O)[C@H]1CCCN1C(=O)c1[nH]ncc(=O)c1O. The summed E-state index contributed by atoms with van der Waals surface area (Å²) in [6.45, 7) is 2.09. The summed E-state index contributed by atoms with van der Waals surface area (Å²) in [5, 5.41) is 16.1. The van der Waals surface area contributed by atoms with Crippen LogP contribution in [0.2, 0.25) is 0 Å². The lowest BCUT2D eigenvalue weighted by molar-refractivity contribution is 0.0526. The van der Waals surface area contributed by atoms with Crippen LogP contribution < -0.4 is 5.43 Å². The zero-order valence-corrected chi connectivity index (χ0v) is 20.5. The molecule has 0 saturated carbocycles. The van der Waals surface area contributed by atoms with E-state index in [1.54, 1.807) is 12.1 Å². The molecule has 0 aliphatic carbocycles. The standard InChI is InChI=1S/C25H26FN3O6S/c1-15-7-3-4-10-18(15)21(16-8-5-9-17(26)13-16)24(35-36(2,33)34)19-11-6-12-29(19)25(32)22-23(31)20(30)14-27-28-22/h3-5,7-10,13-14,19,21,24H,6,11-12H2,1-2H3,(H,27,31)(H,28,30)/t19-,21?,24?/m1/s1. The second kappa shape index (κ2) is 10.2. The number of benzene rings is 2. The monoisotopic (exact) mass is 515 g/mol. The van der Waals surface area contributed by atoms with E-state index in [4.69, 9.17) is 4.18 Å². The third-order valence-corrected chi connectivity index (χ3v) is 6.90. The fourth-order valence-electron chi connectivity index (χ4n) is 4.80. The van der Waals surface area contributed by atoms with E-state index >= 15 is 0 Å². The molecule has 0 radical (unpaired) electrons. The molecule has 2 heterocycles. The van der Waals surface area contributed by atoms with Crippen LogP contribution in [-0.4, -0.2) is 59.5 Å². The number of hydrogen-bond acceptors (Lipinski definition) is 7. The van der Waals surface area contributed by atoms with Crippen LogP contribution in [0.25, 0.3) is 0 Å². The van der Waals surface area contributed by atoms with Gasteiger partial charge in [-0.05, 0) is 48.6 Å². The van der Waals surface area contributed by atoms with Crippen molar-refractivity contribution >= 4 is 16.0 Å². The number of aromatic hydroxyl groups is 1. The Bertz CT molecular complexity index is 1440. The number of aromatic amines is 1. The van der Waals surface area contributed by atoms with Gasteiger partial charge in [-0.15, -0.1) is 0 Å². The van der Waals surface area contributed by atoms with Gasteiger partial charge in [-0.1, -0.05) is 36.4 Å². The van der Waals surface area contributed by atoms with Crippen molar-refractivity contribution in [3.05, 3.63) is 93.2 Å². The van der Waals surface area contributed by atoms with Gasteiger partial charge in [-0.25, -0.2) is 4.39 Å². The molecular weight excluding hydrogens is 489 g/mol. The van der Waals surface area contributed by atoms with E-state index in [9.17, 15) is 27.5 Å². The van der Waals surface area contributed by atoms with Crippen LogP contribution in [0.15, 0.2) is 59.5 Å². The molecule has 1 aliphatic heterocycles. The van der Waals surface area contributed by atoms with Crippen LogP contribution in [0.1, 0.15) is 45.9 Å². The number of amides is 1. The number of nitrogens with one attached hydrogen (secondary N) is 1. The first-order valence-electron chi connectivity index (χ1n) is 11.3. The molecule has 4 rings (SSSR count). The molecule has 1 saturated heterocycles. The maximum Gasteiger partial charge on any atom is 0.276 e. The predicted molar refractivity (Wildman–Crippen MR) is 130 cm³/mol. The summed E-state index contributed by atoms with van der Waals surface area (Å²) in [7, 11) is -4.02. The average Bonchev–Trinajstić information content (AvgIpc) is 3.30. The lowest BCUT2D eigenvalue weighted by Gasteiger charge is -2.36. The van der Waals surface area contributed by atoms with Crippen LogP contribution in [0.5, 0.6) is 5.75 Å². The number of carbonyl (C=O) groups is 1. The van der Waals surface area contributed by atoms with Crippen molar-refractivity contribution in [3.8, 4) is 5.75 Å². The second-order valence-electron chi connectivity index (χ2n) is 8.82. The third kappa shape index (κ3) is 5.31. The first kappa shape index (κ1) is 25.5. The van der Waals surface area contributed by atoms with E-state index in [-0.39, 0.29) is 6.54 Å². The van der Waals surface area contributed by atoms with Gasteiger partial charge in [0, 0.05) is 12.5 Å². The van der Waals surface area contributed by atoms with E-state index in [1.165, 1.54) is 23.1 Å². The Hall–Kier alpha value is -3.57. The van der Waals surface area contributed by atoms with Crippen LogP contribution in [-0.2, 0) is 14.3 Å². The molecule has 2 N–H and O–H groups in total. The largest absolute Gasteiger partial charge is 0.502 e. The maximum absolute atomic E-state index is 14.3. The molecule has 2 aromatic carbocycles. The van der Waals surface area contributed by atoms with Crippen molar-refractivity contribution < 1.29 is 26.9 Å². The number of aromatic nitrogens is 2. The Balaban J connectivity index is 1.86. The lowest BCUT2D eigenvalue weighted by atomic mass is 9.81. The molecule has 1 aliphatic rings. The van der Waals surface area contributed by atoms with Crippen LogP contribution in [0.3, 0.4) is 0 Å². The molecule has 0 spiro atoms. The first-order chi connectivity index (χ1) is 17.1. The van der Waals surface area contributed by atoms with Gasteiger partial charge in [0.2, 0.25) is 5.43 Å². The van der Waals surface area contributed by atoms with Gasteiger partial charge in [0.1, 0.15) is 11.9 Å². The fraction of sp³-hybridized carbons (Fsp3) is 0.320. The molecule has 3 atom stereocenters. The number of halogens is 1. The fourth-order valence-corrected chi connectivity index (χ4v) is 5.44. The van der Waals surface area contributed by atoms with Gasteiger partial charge in [0.25, 0.3) is 16.0 Å². The highest BCUT2D eigenvalue weighted by atomic mass is 32.2. The highest BCUT2D eigenvalue weighted by molar-refractivity contribution is 7.86. The van der Waals surface area contributed by atoms with Crippen molar-refractivity contribution in [1.29, 1.82) is 0 Å². The Labute approximate surface area is 207 Å². The Morgan fingerprint density at radius 1 is 1.25 bits per heavy atom. The zero-order chi connectivity index (χ0) is 26.0. The summed E-state index contributed by atoms with van der Waals surface area (Å²) in [5.74, 6) is -2.75. The summed E-state index contributed by atoms with van der Waals surface area (Å²) in [4.78, 5) is 26.6. The minimum Gasteiger partial charge on any atom is -0.502 e. The van der Waals surface area contributed by atoms with Crippen molar-refractivity contribution in [3.63, 3.8) is 0 Å². The van der Waals surface area contributed by atoms with Crippen LogP contribution in [0.4, 0.5) is 4.39 Å². The summed E-state index contributed by atoms with van der Waals surface area (Å²) in [5.41, 5.74) is 0.808. The molecule has 2 unspecified atom stereocenters. The lowest BCUT2D eigenvalue weighted by Crippen LogP contribution is -2.48. The van der Waals surface area contributed by atoms with E-state index < -0.39 is 56.8 Å². The van der Waals surface area contributed by atoms with Crippen molar-refractivity contribution in [1.82, 2.24) is 15.1 Å². The number of H-pyrrole nitrogens is 1. The molecule has 9 nitrogen and oxygen atoms in total. The van der Waals surface area contributed by atoms with Gasteiger partial charge in [-0.3, -0.25) is 18.9 Å². The molecule has 1 amide bonds. The highest BCUT2D eigenvalue weighted by Gasteiger charge is 2.43. The molecule has 3 aromatic rings. The minimum absolute atomic E-state index is 0.229. The van der Waals surface area contributed by atoms with E-state index in [0.29, 0.717) is 24.0 Å². The average molecular weight is 516 g/mol. The number of carbonyl (C=O) groups excluding carboxylic acids is 1. The molecular formula is C25H26FN3O6S. The maximum atomic E-state index is 14.3. The minimum atomic E-state index is -4.02. The van der Waals surface area contributed by atoms with Crippen LogP contribution >= 0.6 is 0 Å². The summed E-state index contributed by atoms with van der Waals surface area (Å²) in [6.07, 6.45) is 1.55. The third-order valence-electron chi connectivity index (χ3n) is 6.33. The Morgan fingerprint density at radius 3 is 2.69 bits per heavy atom. The smallest absolute Gasteiger partial charge is 0.276 e. The Kier molecular flexibility index (Phi) is 7.23. The number of nitrogens with zero attached hydrogens (tertiary/aromatic N) is 2. The van der Waals surface area contributed by atoms with Crippen molar-refractivity contribution in [2.45, 2.75) is 37.8 Å². The molecule has 190 valence electrons. The molecule has 1 aromatic heterocycles. The zero-order valence-electron chi connectivity index (χ0n) is 19.7. The number of rotatable bonds is 7. The second-order valence-corrected chi connectivity index (χ2v) is 10.4. The van der Waals surface area contributed by atoms with E-state index in [2.05, 4.69) is 10.2 Å². The van der Waals surface area contributed by atoms with E-state index in [0.717, 1.165) is 18.0 Å². The Morgan fingerprint density at radius 2 is 2.00 bits per heavy atom. The summed E-state index contributed by atoms with van der Waals surface area (Å²) >= 11 is 0. The summed E-state index contributed by atoms with van der Waals surface area (Å²) in [6, 6.07) is 12.4. The number of aryl methyl sites for hydroxylation is 1. The number of hydrogen-bond donors (Lipinski definition) is 2. The molecule has 36 heavy (non-hydrogen) atoms. The van der Waals surface area contributed by atoms with Crippen LogP contribution in [0, 0.1) is 12.7 Å². The van der Waals surface area contributed by atoms with Gasteiger partial charge in [0.15, 0.2) is 11.4 Å². The van der Waals surface area contributed by atoms with Gasteiger partial charge in [0.05, 0.1) is 18.5 Å². The van der Waals surface area contributed by atoms with Crippen molar-refractivity contribution in [2.24, 2.45) is 0 Å². The molecule has 0 bridgehead atoms. The summed E-state index contributed by atoms with van der Waals surface area (Å²) < 4.78 is 44.9. The first-order valence-corrected chi connectivity index (χ1v) is 13.2.